The van der Waals surface area contributed by atoms with Gasteiger partial charge in [-0.2, -0.15) is 0 Å². The summed E-state index contributed by atoms with van der Waals surface area (Å²) in [5.74, 6) is 0.232. The van der Waals surface area contributed by atoms with Gasteiger partial charge in [0, 0.05) is 26.2 Å². The number of likely N-dealkylation sites (tertiary alicyclic amines) is 1. The molecule has 104 valence electrons. The quantitative estimate of drug-likeness (QED) is 0.775. The van der Waals surface area contributed by atoms with Gasteiger partial charge in [0.2, 0.25) is 5.91 Å². The third-order valence-electron chi connectivity index (χ3n) is 4.05. The summed E-state index contributed by atoms with van der Waals surface area (Å²) in [6.07, 6.45) is 2.68. The number of ether oxygens (including phenoxy) is 2. The van der Waals surface area contributed by atoms with Crippen molar-refractivity contribution in [2.24, 2.45) is 5.92 Å². The molecule has 0 unspecified atom stereocenters. The van der Waals surface area contributed by atoms with Crippen LogP contribution in [0.2, 0.25) is 0 Å². The van der Waals surface area contributed by atoms with Crippen molar-refractivity contribution < 1.29 is 19.4 Å². The average Bonchev–Trinajstić information content (AvgIpc) is 2.75. The smallest absolute Gasteiger partial charge is 0.226 e. The minimum absolute atomic E-state index is 0.0210. The molecule has 0 bridgehead atoms. The van der Waals surface area contributed by atoms with E-state index in [0.717, 1.165) is 19.3 Å². The zero-order valence-electron chi connectivity index (χ0n) is 11.2. The highest BCUT2D eigenvalue weighted by molar-refractivity contribution is 5.80. The molecule has 0 aromatic heterocycles. The monoisotopic (exact) mass is 257 g/mol. The van der Waals surface area contributed by atoms with Crippen LogP contribution < -0.4 is 0 Å². The summed E-state index contributed by atoms with van der Waals surface area (Å²) in [6.45, 7) is 3.31. The zero-order valence-corrected chi connectivity index (χ0v) is 11.2. The van der Waals surface area contributed by atoms with Gasteiger partial charge in [0.25, 0.3) is 0 Å². The van der Waals surface area contributed by atoms with Gasteiger partial charge >= 0.3 is 0 Å². The molecule has 2 rings (SSSR count). The van der Waals surface area contributed by atoms with E-state index >= 15 is 0 Å². The van der Waals surface area contributed by atoms with E-state index < -0.39 is 0 Å². The molecule has 1 aliphatic heterocycles. The van der Waals surface area contributed by atoms with Crippen molar-refractivity contribution in [1.82, 2.24) is 4.90 Å². The number of hydrogen-bond donors (Lipinski definition) is 1. The Morgan fingerprint density at radius 3 is 2.61 bits per heavy atom. The first-order valence-electron chi connectivity index (χ1n) is 6.75. The van der Waals surface area contributed by atoms with Crippen LogP contribution in [0.15, 0.2) is 0 Å². The van der Waals surface area contributed by atoms with Crippen LogP contribution in [0.25, 0.3) is 0 Å². The minimum atomic E-state index is -0.0754. The van der Waals surface area contributed by atoms with Crippen LogP contribution in [0.4, 0.5) is 0 Å². The summed E-state index contributed by atoms with van der Waals surface area (Å²) >= 11 is 0. The molecule has 0 spiro atoms. The van der Waals surface area contributed by atoms with Gasteiger partial charge in [0.15, 0.2) is 0 Å². The summed E-state index contributed by atoms with van der Waals surface area (Å²) in [7, 11) is 1.65. The number of methoxy groups -OCH3 is 1. The number of carbonyl (C=O) groups is 1. The Morgan fingerprint density at radius 1 is 1.33 bits per heavy atom. The normalized spacial score (nSPS) is 35.6. The van der Waals surface area contributed by atoms with E-state index in [1.54, 1.807) is 12.0 Å². The van der Waals surface area contributed by atoms with Crippen LogP contribution in [-0.2, 0) is 14.3 Å². The maximum absolute atomic E-state index is 12.3. The second kappa shape index (κ2) is 5.99. The van der Waals surface area contributed by atoms with E-state index in [0.29, 0.717) is 13.2 Å². The van der Waals surface area contributed by atoms with Crippen LogP contribution in [0, 0.1) is 5.92 Å². The Hall–Kier alpha value is -0.650. The first-order chi connectivity index (χ1) is 8.69. The van der Waals surface area contributed by atoms with E-state index in [9.17, 15) is 9.90 Å². The highest BCUT2D eigenvalue weighted by atomic mass is 16.5. The summed E-state index contributed by atoms with van der Waals surface area (Å²) in [4.78, 5) is 14.1. The van der Waals surface area contributed by atoms with E-state index in [1.807, 2.05) is 6.92 Å². The zero-order chi connectivity index (χ0) is 13.1. The van der Waals surface area contributed by atoms with Crippen LogP contribution in [-0.4, -0.2) is 61.0 Å². The highest BCUT2D eigenvalue weighted by Gasteiger charge is 2.42. The summed E-state index contributed by atoms with van der Waals surface area (Å²) in [5, 5.41) is 9.33. The first kappa shape index (κ1) is 13.8. The van der Waals surface area contributed by atoms with Gasteiger partial charge in [0.05, 0.1) is 24.9 Å². The molecule has 2 fully saturated rings. The lowest BCUT2D eigenvalue weighted by Crippen LogP contribution is -2.47. The van der Waals surface area contributed by atoms with Crippen LogP contribution in [0.5, 0.6) is 0 Å². The lowest BCUT2D eigenvalue weighted by Gasteiger charge is -2.37. The molecule has 1 heterocycles. The topological polar surface area (TPSA) is 59.0 Å². The fourth-order valence-electron chi connectivity index (χ4n) is 2.86. The molecule has 1 amide bonds. The molecule has 1 N–H and O–H groups in total. The summed E-state index contributed by atoms with van der Waals surface area (Å²) in [5.41, 5.74) is 0. The number of aliphatic hydroxyl groups excluding tert-OH is 1. The second-order valence-electron chi connectivity index (χ2n) is 5.17. The Morgan fingerprint density at radius 2 is 2.06 bits per heavy atom. The molecule has 5 heteroatoms. The van der Waals surface area contributed by atoms with E-state index in [-0.39, 0.29) is 36.7 Å². The predicted octanol–water partition coefficient (Wildman–Crippen LogP) is 0.410. The van der Waals surface area contributed by atoms with Gasteiger partial charge in [0.1, 0.15) is 0 Å². The molecule has 0 aromatic carbocycles. The third-order valence-corrected chi connectivity index (χ3v) is 4.05. The van der Waals surface area contributed by atoms with Gasteiger partial charge < -0.3 is 19.5 Å². The lowest BCUT2D eigenvalue weighted by molar-refractivity contribution is -0.146. The maximum atomic E-state index is 12.3. The van der Waals surface area contributed by atoms with Crippen molar-refractivity contribution in [3.05, 3.63) is 0 Å². The molecule has 1 saturated carbocycles. The van der Waals surface area contributed by atoms with E-state index in [1.165, 1.54) is 0 Å². The van der Waals surface area contributed by atoms with Crippen molar-refractivity contribution >= 4 is 5.91 Å². The third kappa shape index (κ3) is 2.68. The molecule has 0 aromatic rings. The van der Waals surface area contributed by atoms with E-state index in [4.69, 9.17) is 9.47 Å². The fraction of sp³-hybridized carbons (Fsp3) is 0.923. The number of aliphatic hydroxyl groups is 1. The van der Waals surface area contributed by atoms with E-state index in [2.05, 4.69) is 0 Å². The Labute approximate surface area is 108 Å². The molecular weight excluding hydrogens is 234 g/mol. The lowest BCUT2D eigenvalue weighted by atomic mass is 9.81. The predicted molar refractivity (Wildman–Crippen MR) is 66.1 cm³/mol. The Kier molecular flexibility index (Phi) is 4.59. The van der Waals surface area contributed by atoms with Crippen molar-refractivity contribution in [2.75, 3.05) is 26.9 Å². The molecular formula is C13H23NO4. The van der Waals surface area contributed by atoms with Crippen molar-refractivity contribution in [2.45, 2.75) is 44.4 Å². The molecule has 2 atom stereocenters. The van der Waals surface area contributed by atoms with Crippen LogP contribution >= 0.6 is 0 Å². The van der Waals surface area contributed by atoms with Gasteiger partial charge in [-0.25, -0.2) is 0 Å². The van der Waals surface area contributed by atoms with Crippen LogP contribution in [0.1, 0.15) is 26.2 Å². The molecule has 0 radical (unpaired) electrons. The fourth-order valence-corrected chi connectivity index (χ4v) is 2.86. The van der Waals surface area contributed by atoms with Crippen molar-refractivity contribution in [3.8, 4) is 0 Å². The molecule has 5 nitrogen and oxygen atoms in total. The largest absolute Gasteiger partial charge is 0.394 e. The molecule has 2 aliphatic rings. The number of carbonyl (C=O) groups excluding carboxylic acids is 1. The Bertz CT molecular complexity index is 291. The van der Waals surface area contributed by atoms with Gasteiger partial charge in [-0.05, 0) is 26.2 Å². The van der Waals surface area contributed by atoms with Gasteiger partial charge in [-0.1, -0.05) is 0 Å². The minimum Gasteiger partial charge on any atom is -0.394 e. The SMILES string of the molecule is CCOC1CC(C(=O)N2C[C@H](OC)C[C@H]2CO)C1. The number of hydrogen-bond acceptors (Lipinski definition) is 4. The maximum Gasteiger partial charge on any atom is 0.226 e. The highest BCUT2D eigenvalue weighted by Crippen LogP contribution is 2.34. The standard InChI is InChI=1S/C13H23NO4/c1-3-18-11-4-9(5-11)13(16)14-7-12(17-2)6-10(14)8-15/h9-12,15H,3-8H2,1-2H3/t9?,10-,11?,12+/m0/s1. The number of nitrogens with zero attached hydrogens (tertiary/aromatic N) is 1. The van der Waals surface area contributed by atoms with Gasteiger partial charge in [-0.3, -0.25) is 4.79 Å². The van der Waals surface area contributed by atoms with Crippen molar-refractivity contribution in [3.63, 3.8) is 0 Å². The number of rotatable bonds is 5. The average molecular weight is 257 g/mol. The molecule has 1 saturated heterocycles. The first-order valence-corrected chi connectivity index (χ1v) is 6.75. The molecule has 18 heavy (non-hydrogen) atoms. The number of amides is 1. The van der Waals surface area contributed by atoms with Crippen LogP contribution in [0.3, 0.4) is 0 Å². The summed E-state index contributed by atoms with van der Waals surface area (Å²) < 4.78 is 10.8. The summed E-state index contributed by atoms with van der Waals surface area (Å²) in [6, 6.07) is -0.0754. The second-order valence-corrected chi connectivity index (χ2v) is 5.17. The van der Waals surface area contributed by atoms with Gasteiger partial charge in [-0.15, -0.1) is 0 Å². The van der Waals surface area contributed by atoms with Crippen molar-refractivity contribution in [1.29, 1.82) is 0 Å². The Balaban J connectivity index is 1.85. The molecule has 1 aliphatic carbocycles.